The monoisotopic (exact) mass is 402 g/mol. The van der Waals surface area contributed by atoms with Gasteiger partial charge in [-0.2, -0.15) is 0 Å². The van der Waals surface area contributed by atoms with Crippen molar-refractivity contribution in [1.82, 2.24) is 0 Å². The van der Waals surface area contributed by atoms with E-state index in [9.17, 15) is 19.8 Å². The number of hydrogen-bond donors (Lipinski definition) is 3. The molecule has 0 amide bonds. The first-order valence-electron chi connectivity index (χ1n) is 10.7. The molecule has 4 atom stereocenters. The maximum atomic E-state index is 12.3. The molecule has 2 aliphatic rings. The number of carbonyl (C=O) groups excluding carboxylic acids is 1. The highest BCUT2D eigenvalue weighted by Gasteiger charge is 2.42. The molecule has 0 heterocycles. The molecule has 0 spiro atoms. The molecule has 2 fully saturated rings. The molecule has 0 aromatic carbocycles. The van der Waals surface area contributed by atoms with E-state index in [-0.39, 0.29) is 35.9 Å². The third-order valence-electron chi connectivity index (χ3n) is 6.44. The summed E-state index contributed by atoms with van der Waals surface area (Å²) in [5.41, 5.74) is -0.102. The molecule has 3 N–H and O–H groups in total. The van der Waals surface area contributed by atoms with E-state index < -0.39 is 18.2 Å². The van der Waals surface area contributed by atoms with E-state index in [0.717, 1.165) is 25.7 Å². The molecule has 29 heavy (non-hydrogen) atoms. The first-order valence-corrected chi connectivity index (χ1v) is 10.7. The number of aliphatic hydroxyl groups is 2. The van der Waals surface area contributed by atoms with Gasteiger partial charge in [-0.25, -0.2) is 0 Å². The first kappa shape index (κ1) is 23.4. The Morgan fingerprint density at radius 2 is 2.07 bits per heavy atom. The van der Waals surface area contributed by atoms with Crippen LogP contribution in [0.25, 0.3) is 0 Å². The van der Waals surface area contributed by atoms with Gasteiger partial charge in [0, 0.05) is 36.5 Å². The second-order valence-electron chi connectivity index (χ2n) is 8.41. The zero-order chi connectivity index (χ0) is 21.3. The molecule has 5 nitrogen and oxygen atoms in total. The van der Waals surface area contributed by atoms with Crippen LogP contribution < -0.4 is 0 Å². The van der Waals surface area contributed by atoms with Crippen LogP contribution in [0.15, 0.2) is 24.3 Å². The summed E-state index contributed by atoms with van der Waals surface area (Å²) in [5, 5.41) is 29.6. The van der Waals surface area contributed by atoms with Crippen LogP contribution in [0.3, 0.4) is 0 Å². The van der Waals surface area contributed by atoms with Crippen LogP contribution >= 0.6 is 0 Å². The Morgan fingerprint density at radius 1 is 1.31 bits per heavy atom. The number of hydrogen-bond acceptors (Lipinski definition) is 4. The number of carboxylic acid groups (broad SMARTS) is 1. The van der Waals surface area contributed by atoms with Gasteiger partial charge in [0.2, 0.25) is 0 Å². The average molecular weight is 403 g/mol. The van der Waals surface area contributed by atoms with Crippen molar-refractivity contribution in [3.63, 3.8) is 0 Å². The van der Waals surface area contributed by atoms with Crippen molar-refractivity contribution in [2.24, 2.45) is 17.3 Å². The van der Waals surface area contributed by atoms with Gasteiger partial charge in [0.05, 0.1) is 12.2 Å². The summed E-state index contributed by atoms with van der Waals surface area (Å²) < 4.78 is 0. The standard InChI is InChI=1S/C24H34O5/c1-2-3-14-24(15-9-16-24)22(27)12-8-11-19-18(20(25)17-21(19)26)10-6-4-5-7-13-23(28)29/h4,6,8,11,18-19,21-22,26-27H,5,7,9-10,12-17H2,1H3,(H,28,29)/t18-,19-,21?,22?/m1/s1. The summed E-state index contributed by atoms with van der Waals surface area (Å²) in [6.07, 6.45) is 13.0. The molecule has 2 aliphatic carbocycles. The Bertz CT molecular complexity index is 677. The van der Waals surface area contributed by atoms with Crippen molar-refractivity contribution in [3.8, 4) is 11.8 Å². The predicted octanol–water partition coefficient (Wildman–Crippen LogP) is 3.64. The van der Waals surface area contributed by atoms with Crippen molar-refractivity contribution in [2.75, 3.05) is 0 Å². The molecular weight excluding hydrogens is 368 g/mol. The highest BCUT2D eigenvalue weighted by atomic mass is 16.4. The van der Waals surface area contributed by atoms with Gasteiger partial charge in [-0.05, 0) is 45.4 Å². The lowest BCUT2D eigenvalue weighted by Gasteiger charge is -2.44. The molecule has 0 aliphatic heterocycles. The zero-order valence-corrected chi connectivity index (χ0v) is 17.3. The van der Waals surface area contributed by atoms with E-state index in [4.69, 9.17) is 5.11 Å². The minimum absolute atomic E-state index is 0.0663. The number of unbranched alkanes of at least 4 members (excludes halogenated alkanes) is 1. The van der Waals surface area contributed by atoms with E-state index in [0.29, 0.717) is 25.7 Å². The van der Waals surface area contributed by atoms with Gasteiger partial charge >= 0.3 is 5.97 Å². The van der Waals surface area contributed by atoms with Crippen LogP contribution in [0.1, 0.15) is 71.1 Å². The summed E-state index contributed by atoms with van der Waals surface area (Å²) in [7, 11) is 0. The average Bonchev–Trinajstić information content (AvgIpc) is 2.90. The van der Waals surface area contributed by atoms with Gasteiger partial charge in [0.25, 0.3) is 0 Å². The van der Waals surface area contributed by atoms with Crippen molar-refractivity contribution < 1.29 is 24.9 Å². The second kappa shape index (κ2) is 11.3. The number of aliphatic hydroxyl groups excluding tert-OH is 2. The quantitative estimate of drug-likeness (QED) is 0.279. The van der Waals surface area contributed by atoms with Crippen LogP contribution in [0.2, 0.25) is 0 Å². The minimum Gasteiger partial charge on any atom is -0.481 e. The van der Waals surface area contributed by atoms with Crippen molar-refractivity contribution in [1.29, 1.82) is 0 Å². The van der Waals surface area contributed by atoms with E-state index in [2.05, 4.69) is 11.8 Å². The van der Waals surface area contributed by atoms with Crippen LogP contribution in [0.5, 0.6) is 0 Å². The fourth-order valence-corrected chi connectivity index (χ4v) is 4.40. The molecule has 0 aromatic rings. The van der Waals surface area contributed by atoms with Gasteiger partial charge < -0.3 is 15.3 Å². The Kier molecular flexibility index (Phi) is 9.13. The summed E-state index contributed by atoms with van der Waals surface area (Å²) in [5.74, 6) is 4.81. The van der Waals surface area contributed by atoms with E-state index in [1.165, 1.54) is 0 Å². The van der Waals surface area contributed by atoms with Crippen molar-refractivity contribution in [3.05, 3.63) is 24.3 Å². The fourth-order valence-electron chi connectivity index (χ4n) is 4.40. The molecule has 0 bridgehead atoms. The highest BCUT2D eigenvalue weighted by molar-refractivity contribution is 5.84. The molecule has 2 rings (SSSR count). The highest BCUT2D eigenvalue weighted by Crippen LogP contribution is 2.47. The molecule has 2 saturated carbocycles. The number of carboxylic acids is 1. The second-order valence-corrected chi connectivity index (χ2v) is 8.41. The summed E-state index contributed by atoms with van der Waals surface area (Å²) in [6, 6.07) is 0. The van der Waals surface area contributed by atoms with Gasteiger partial charge in [-0.1, -0.05) is 30.7 Å². The van der Waals surface area contributed by atoms with Gasteiger partial charge in [-0.3, -0.25) is 9.59 Å². The molecule has 160 valence electrons. The molecule has 0 radical (unpaired) electrons. The third-order valence-corrected chi connectivity index (χ3v) is 6.44. The number of aliphatic carboxylic acids is 1. The van der Waals surface area contributed by atoms with Gasteiger partial charge in [0.1, 0.15) is 5.78 Å². The zero-order valence-electron chi connectivity index (χ0n) is 17.3. The van der Waals surface area contributed by atoms with Gasteiger partial charge in [-0.15, -0.1) is 11.8 Å². The topological polar surface area (TPSA) is 94.8 Å². The SMILES string of the molecule is CC#CCC1(C(O)CC=C[C@H]2C(O)CC(=O)[C@@H]2CC=CCCCC(=O)O)CCC1. The van der Waals surface area contributed by atoms with Gasteiger partial charge in [0.15, 0.2) is 0 Å². The first-order chi connectivity index (χ1) is 13.9. The van der Waals surface area contributed by atoms with E-state index in [1.54, 1.807) is 0 Å². The third kappa shape index (κ3) is 6.55. The molecule has 0 aromatic heterocycles. The lowest BCUT2D eigenvalue weighted by Crippen LogP contribution is -2.40. The number of rotatable bonds is 11. The normalized spacial score (nSPS) is 27.0. The fraction of sp³-hybridized carbons (Fsp3) is 0.667. The van der Waals surface area contributed by atoms with E-state index in [1.807, 2.05) is 31.2 Å². The lowest BCUT2D eigenvalue weighted by molar-refractivity contribution is -0.137. The van der Waals surface area contributed by atoms with E-state index >= 15 is 0 Å². The van der Waals surface area contributed by atoms with Crippen LogP contribution in [0.4, 0.5) is 0 Å². The number of allylic oxidation sites excluding steroid dienone is 2. The summed E-state index contributed by atoms with van der Waals surface area (Å²) >= 11 is 0. The Morgan fingerprint density at radius 3 is 2.69 bits per heavy atom. The van der Waals surface area contributed by atoms with Crippen LogP contribution in [-0.2, 0) is 9.59 Å². The number of Topliss-reactive ketones (excluding diaryl/α,β-unsaturated/α-hetero) is 1. The Balaban J connectivity index is 1.87. The minimum atomic E-state index is -0.801. The molecule has 0 saturated heterocycles. The summed E-state index contributed by atoms with van der Waals surface area (Å²) in [6.45, 7) is 1.82. The smallest absolute Gasteiger partial charge is 0.303 e. The number of carbonyl (C=O) groups is 2. The number of ketones is 1. The molecule has 5 heteroatoms. The summed E-state index contributed by atoms with van der Waals surface area (Å²) in [4.78, 5) is 22.8. The predicted molar refractivity (Wildman–Crippen MR) is 112 cm³/mol. The van der Waals surface area contributed by atoms with Crippen molar-refractivity contribution >= 4 is 11.8 Å². The Labute approximate surface area is 173 Å². The van der Waals surface area contributed by atoms with Crippen LogP contribution in [-0.4, -0.2) is 39.3 Å². The molecular formula is C24H34O5. The van der Waals surface area contributed by atoms with Crippen LogP contribution in [0, 0.1) is 29.1 Å². The molecule has 2 unspecified atom stereocenters. The largest absolute Gasteiger partial charge is 0.481 e. The maximum absolute atomic E-state index is 12.3. The maximum Gasteiger partial charge on any atom is 0.303 e. The lowest BCUT2D eigenvalue weighted by atomic mass is 9.62. The van der Waals surface area contributed by atoms with Crippen molar-refractivity contribution in [2.45, 2.75) is 83.3 Å². The Hall–Kier alpha value is -1.90.